The fourth-order valence-electron chi connectivity index (χ4n) is 3.00. The Bertz CT molecular complexity index is 628. The van der Waals surface area contributed by atoms with Crippen molar-refractivity contribution in [2.45, 2.75) is 47.0 Å². The number of rotatable bonds is 6. The normalized spacial score (nSPS) is 22.1. The van der Waals surface area contributed by atoms with Gasteiger partial charge in [0, 0.05) is 11.8 Å². The first-order chi connectivity index (χ1) is 10.7. The van der Waals surface area contributed by atoms with Gasteiger partial charge in [-0.05, 0) is 30.7 Å². The van der Waals surface area contributed by atoms with E-state index >= 15 is 0 Å². The fraction of sp³-hybridized carbons (Fsp3) is 0.500. The third-order valence-electron chi connectivity index (χ3n) is 5.16. The number of hydrogen-bond donors (Lipinski definition) is 0. The maximum absolute atomic E-state index is 12.5. The number of aryl methyl sites for hydroxylation is 2. The average Bonchev–Trinajstić information content (AvgIpc) is 2.77. The first-order valence-electron chi connectivity index (χ1n) is 8.17. The van der Waals surface area contributed by atoms with Crippen molar-refractivity contribution < 1.29 is 14.3 Å². The van der Waals surface area contributed by atoms with Crippen LogP contribution in [0.15, 0.2) is 36.4 Å². The number of hydrogen-bond acceptors (Lipinski definition) is 3. The number of ketones is 1. The first kappa shape index (κ1) is 17.5. The maximum atomic E-state index is 12.5. The van der Waals surface area contributed by atoms with E-state index in [-0.39, 0.29) is 23.8 Å². The standard InChI is InChI=1S/C20H26O3/c1-15-7-5-8-16(13-15)9-10-18(22)23-14-17(21)20(4)12-6-11-19(20,2)3/h5-8,11,13H,9-10,12,14H2,1-4H3/t20-/m0/s1. The minimum atomic E-state index is -0.482. The topological polar surface area (TPSA) is 43.4 Å². The molecule has 1 aromatic carbocycles. The van der Waals surface area contributed by atoms with Crippen LogP contribution in [0.5, 0.6) is 0 Å². The molecule has 0 saturated heterocycles. The van der Waals surface area contributed by atoms with E-state index in [0.29, 0.717) is 19.3 Å². The summed E-state index contributed by atoms with van der Waals surface area (Å²) in [6.45, 7) is 7.95. The number of Topliss-reactive ketones (excluding diaryl/α,β-unsaturated/α-hetero) is 1. The van der Waals surface area contributed by atoms with Gasteiger partial charge in [0.05, 0.1) is 0 Å². The van der Waals surface area contributed by atoms with Crippen molar-refractivity contribution >= 4 is 11.8 Å². The molecule has 0 unspecified atom stereocenters. The summed E-state index contributed by atoms with van der Waals surface area (Å²) in [5.74, 6) is -0.316. The lowest BCUT2D eigenvalue weighted by Gasteiger charge is -2.36. The molecule has 0 amide bonds. The van der Waals surface area contributed by atoms with E-state index in [2.05, 4.69) is 12.1 Å². The van der Waals surface area contributed by atoms with Crippen molar-refractivity contribution in [1.82, 2.24) is 0 Å². The number of carbonyl (C=O) groups excluding carboxylic acids is 2. The number of esters is 1. The van der Waals surface area contributed by atoms with Crippen LogP contribution < -0.4 is 0 Å². The molecule has 0 saturated carbocycles. The lowest BCUT2D eigenvalue weighted by atomic mass is 9.66. The van der Waals surface area contributed by atoms with Gasteiger partial charge < -0.3 is 4.74 Å². The molecule has 2 rings (SSSR count). The van der Waals surface area contributed by atoms with Gasteiger partial charge in [-0.2, -0.15) is 0 Å². The Labute approximate surface area is 138 Å². The zero-order chi connectivity index (χ0) is 17.1. The molecular formula is C20H26O3. The number of benzene rings is 1. The van der Waals surface area contributed by atoms with Gasteiger partial charge in [0.2, 0.25) is 0 Å². The molecule has 3 heteroatoms. The molecule has 0 radical (unpaired) electrons. The number of allylic oxidation sites excluding steroid dienone is 2. The van der Waals surface area contributed by atoms with E-state index < -0.39 is 5.41 Å². The Morgan fingerprint density at radius 3 is 2.57 bits per heavy atom. The molecule has 23 heavy (non-hydrogen) atoms. The van der Waals surface area contributed by atoms with Gasteiger partial charge >= 0.3 is 5.97 Å². The largest absolute Gasteiger partial charge is 0.458 e. The molecule has 1 atom stereocenters. The molecule has 0 N–H and O–H groups in total. The zero-order valence-corrected chi connectivity index (χ0v) is 14.5. The second-order valence-corrected chi connectivity index (χ2v) is 7.23. The van der Waals surface area contributed by atoms with Gasteiger partial charge in [0.1, 0.15) is 0 Å². The van der Waals surface area contributed by atoms with Crippen molar-refractivity contribution in [2.24, 2.45) is 10.8 Å². The van der Waals surface area contributed by atoms with E-state index in [9.17, 15) is 9.59 Å². The van der Waals surface area contributed by atoms with Gasteiger partial charge in [-0.1, -0.05) is 62.8 Å². The second-order valence-electron chi connectivity index (χ2n) is 7.23. The molecule has 124 valence electrons. The molecule has 0 aliphatic heterocycles. The summed E-state index contributed by atoms with van der Waals surface area (Å²) in [6.07, 6.45) is 5.76. The van der Waals surface area contributed by atoms with E-state index in [0.717, 1.165) is 5.56 Å². The van der Waals surface area contributed by atoms with E-state index in [1.807, 2.05) is 52.0 Å². The summed E-state index contributed by atoms with van der Waals surface area (Å²) in [4.78, 5) is 24.4. The van der Waals surface area contributed by atoms with Crippen molar-refractivity contribution in [1.29, 1.82) is 0 Å². The number of ether oxygens (including phenoxy) is 1. The molecule has 1 aromatic rings. The summed E-state index contributed by atoms with van der Waals surface area (Å²) < 4.78 is 5.21. The second kappa shape index (κ2) is 6.69. The highest BCUT2D eigenvalue weighted by Crippen LogP contribution is 2.48. The minimum absolute atomic E-state index is 0.00333. The molecule has 0 aromatic heterocycles. The third kappa shape index (κ3) is 3.90. The van der Waals surface area contributed by atoms with Gasteiger partial charge in [-0.25, -0.2) is 0 Å². The van der Waals surface area contributed by atoms with Crippen LogP contribution in [0.3, 0.4) is 0 Å². The summed E-state index contributed by atoms with van der Waals surface area (Å²) in [5.41, 5.74) is 1.61. The lowest BCUT2D eigenvalue weighted by Crippen LogP contribution is -2.40. The zero-order valence-electron chi connectivity index (χ0n) is 14.5. The van der Waals surface area contributed by atoms with Crippen LogP contribution in [0.1, 0.15) is 44.7 Å². The maximum Gasteiger partial charge on any atom is 0.306 e. The Balaban J connectivity index is 1.82. The third-order valence-corrected chi connectivity index (χ3v) is 5.16. The quantitative estimate of drug-likeness (QED) is 0.588. The van der Waals surface area contributed by atoms with Crippen molar-refractivity contribution in [3.63, 3.8) is 0 Å². The molecule has 1 aliphatic carbocycles. The molecule has 3 nitrogen and oxygen atoms in total. The SMILES string of the molecule is Cc1cccc(CCC(=O)OCC(=O)[C@]2(C)CC=CC2(C)C)c1. The highest BCUT2D eigenvalue weighted by Gasteiger charge is 2.47. The van der Waals surface area contributed by atoms with Crippen LogP contribution in [-0.4, -0.2) is 18.4 Å². The molecule has 0 heterocycles. The minimum Gasteiger partial charge on any atom is -0.458 e. The lowest BCUT2D eigenvalue weighted by molar-refractivity contribution is -0.152. The molecule has 0 fully saturated rings. The van der Waals surface area contributed by atoms with Crippen LogP contribution in [-0.2, 0) is 20.7 Å². The summed E-state index contributed by atoms with van der Waals surface area (Å²) in [7, 11) is 0. The van der Waals surface area contributed by atoms with E-state index in [4.69, 9.17) is 4.74 Å². The highest BCUT2D eigenvalue weighted by molar-refractivity contribution is 5.89. The van der Waals surface area contributed by atoms with Crippen LogP contribution in [0.25, 0.3) is 0 Å². The monoisotopic (exact) mass is 314 g/mol. The molecule has 0 spiro atoms. The summed E-state index contributed by atoms with van der Waals surface area (Å²) >= 11 is 0. The van der Waals surface area contributed by atoms with Crippen LogP contribution >= 0.6 is 0 Å². The van der Waals surface area contributed by atoms with Crippen molar-refractivity contribution in [3.05, 3.63) is 47.5 Å². The highest BCUT2D eigenvalue weighted by atomic mass is 16.5. The van der Waals surface area contributed by atoms with Gasteiger partial charge in [-0.15, -0.1) is 0 Å². The smallest absolute Gasteiger partial charge is 0.306 e. The Hall–Kier alpha value is -1.90. The predicted molar refractivity (Wildman–Crippen MR) is 91.1 cm³/mol. The van der Waals surface area contributed by atoms with Crippen molar-refractivity contribution in [3.8, 4) is 0 Å². The van der Waals surface area contributed by atoms with E-state index in [1.165, 1.54) is 5.56 Å². The van der Waals surface area contributed by atoms with Crippen LogP contribution in [0.2, 0.25) is 0 Å². The summed E-state index contributed by atoms with van der Waals surface area (Å²) in [5, 5.41) is 0. The molecular weight excluding hydrogens is 288 g/mol. The van der Waals surface area contributed by atoms with Crippen LogP contribution in [0, 0.1) is 17.8 Å². The fourth-order valence-corrected chi connectivity index (χ4v) is 3.00. The first-order valence-corrected chi connectivity index (χ1v) is 8.17. The Kier molecular flexibility index (Phi) is 5.08. The molecule has 1 aliphatic rings. The van der Waals surface area contributed by atoms with E-state index in [1.54, 1.807) is 0 Å². The Morgan fingerprint density at radius 2 is 1.96 bits per heavy atom. The Morgan fingerprint density at radius 1 is 1.22 bits per heavy atom. The average molecular weight is 314 g/mol. The van der Waals surface area contributed by atoms with Gasteiger partial charge in [-0.3, -0.25) is 9.59 Å². The van der Waals surface area contributed by atoms with Crippen LogP contribution in [0.4, 0.5) is 0 Å². The number of carbonyl (C=O) groups is 2. The molecule has 0 bridgehead atoms. The van der Waals surface area contributed by atoms with Gasteiger partial charge in [0.15, 0.2) is 12.4 Å². The summed E-state index contributed by atoms with van der Waals surface area (Å²) in [6, 6.07) is 8.07. The van der Waals surface area contributed by atoms with Gasteiger partial charge in [0.25, 0.3) is 0 Å². The predicted octanol–water partition coefficient (Wildman–Crippen LogP) is 4.03. The van der Waals surface area contributed by atoms with Crippen molar-refractivity contribution in [2.75, 3.05) is 6.61 Å².